The van der Waals surface area contributed by atoms with Crippen LogP contribution in [0.15, 0.2) is 12.1 Å². The Hall–Kier alpha value is -1.80. The maximum Gasteiger partial charge on any atom is 0.501 e. The second kappa shape index (κ2) is 6.54. The van der Waals surface area contributed by atoms with Crippen molar-refractivity contribution in [3.8, 4) is 11.5 Å². The molecular weight excluding hydrogens is 289 g/mol. The van der Waals surface area contributed by atoms with Crippen molar-refractivity contribution in [2.75, 3.05) is 20.3 Å². The summed E-state index contributed by atoms with van der Waals surface area (Å²) in [5.41, 5.74) is -0.255. The molecule has 120 valence electrons. The summed E-state index contributed by atoms with van der Waals surface area (Å²) in [5, 5.41) is 11.4. The van der Waals surface area contributed by atoms with Crippen molar-refractivity contribution in [3.63, 3.8) is 0 Å². The smallest absolute Gasteiger partial charge is 0.493 e. The Morgan fingerprint density at radius 2 is 2.14 bits per heavy atom. The fraction of sp³-hybridized carbons (Fsp3) is 0.571. The standard InChI is InChI=1S/C14H20BNO6/c1-5-6-20-13-8-11(16(17)18)10(7-12(13)19-4)15-21-9-14(2,3)22-15/h7-8H,5-6,9H2,1-4H3. The average Bonchev–Trinajstić information content (AvgIpc) is 2.84. The lowest BCUT2D eigenvalue weighted by molar-refractivity contribution is -0.383. The predicted molar refractivity (Wildman–Crippen MR) is 81.9 cm³/mol. The first kappa shape index (κ1) is 16.6. The molecule has 8 heteroatoms. The topological polar surface area (TPSA) is 80.1 Å². The first-order valence-corrected chi connectivity index (χ1v) is 7.16. The number of hydrogen-bond donors (Lipinski definition) is 0. The molecule has 0 radical (unpaired) electrons. The molecular formula is C14H20BNO6. The third kappa shape index (κ3) is 3.51. The second-order valence-electron chi connectivity index (χ2n) is 5.69. The van der Waals surface area contributed by atoms with Crippen LogP contribution in [0.1, 0.15) is 27.2 Å². The molecule has 2 rings (SSSR count). The summed E-state index contributed by atoms with van der Waals surface area (Å²) < 4.78 is 22.1. The van der Waals surface area contributed by atoms with Gasteiger partial charge in [-0.1, -0.05) is 6.92 Å². The average molecular weight is 309 g/mol. The Morgan fingerprint density at radius 1 is 1.41 bits per heavy atom. The van der Waals surface area contributed by atoms with Gasteiger partial charge in [-0.25, -0.2) is 0 Å². The van der Waals surface area contributed by atoms with Crippen molar-refractivity contribution in [1.82, 2.24) is 0 Å². The maximum absolute atomic E-state index is 11.4. The molecule has 0 aliphatic carbocycles. The zero-order chi connectivity index (χ0) is 16.3. The van der Waals surface area contributed by atoms with E-state index in [1.807, 2.05) is 20.8 Å². The van der Waals surface area contributed by atoms with Crippen LogP contribution in [0, 0.1) is 10.1 Å². The van der Waals surface area contributed by atoms with E-state index in [0.717, 1.165) is 6.42 Å². The highest BCUT2D eigenvalue weighted by Crippen LogP contribution is 2.32. The van der Waals surface area contributed by atoms with Gasteiger partial charge in [0.2, 0.25) is 0 Å². The molecule has 0 N–H and O–H groups in total. The highest BCUT2D eigenvalue weighted by atomic mass is 16.7. The molecule has 7 nitrogen and oxygen atoms in total. The number of hydrogen-bond acceptors (Lipinski definition) is 6. The van der Waals surface area contributed by atoms with E-state index in [-0.39, 0.29) is 5.69 Å². The Kier molecular flexibility index (Phi) is 4.92. The van der Waals surface area contributed by atoms with E-state index in [1.165, 1.54) is 13.2 Å². The number of ether oxygens (including phenoxy) is 2. The van der Waals surface area contributed by atoms with E-state index in [2.05, 4.69) is 0 Å². The van der Waals surface area contributed by atoms with Gasteiger partial charge < -0.3 is 18.8 Å². The van der Waals surface area contributed by atoms with E-state index >= 15 is 0 Å². The fourth-order valence-corrected chi connectivity index (χ4v) is 2.18. The molecule has 22 heavy (non-hydrogen) atoms. The van der Waals surface area contributed by atoms with Crippen molar-refractivity contribution in [1.29, 1.82) is 0 Å². The van der Waals surface area contributed by atoms with Crippen molar-refractivity contribution in [2.24, 2.45) is 0 Å². The van der Waals surface area contributed by atoms with Crippen LogP contribution in [-0.4, -0.2) is 38.0 Å². The van der Waals surface area contributed by atoms with Crippen LogP contribution in [0.2, 0.25) is 0 Å². The molecule has 0 unspecified atom stereocenters. The molecule has 0 aromatic heterocycles. The maximum atomic E-state index is 11.4. The van der Waals surface area contributed by atoms with Crippen molar-refractivity contribution < 1.29 is 23.7 Å². The number of benzene rings is 1. The zero-order valence-electron chi connectivity index (χ0n) is 13.3. The number of rotatable bonds is 6. The van der Waals surface area contributed by atoms with Gasteiger partial charge in [-0.05, 0) is 26.3 Å². The van der Waals surface area contributed by atoms with Gasteiger partial charge in [0.05, 0.1) is 42.4 Å². The van der Waals surface area contributed by atoms with Crippen LogP contribution in [0.25, 0.3) is 0 Å². The lowest BCUT2D eigenvalue weighted by Crippen LogP contribution is -2.36. The van der Waals surface area contributed by atoms with E-state index < -0.39 is 17.6 Å². The summed E-state index contributed by atoms with van der Waals surface area (Å²) in [4.78, 5) is 10.9. The van der Waals surface area contributed by atoms with Crippen LogP contribution in [-0.2, 0) is 9.31 Å². The second-order valence-corrected chi connectivity index (χ2v) is 5.69. The third-order valence-corrected chi connectivity index (χ3v) is 3.23. The van der Waals surface area contributed by atoms with Crippen LogP contribution in [0.3, 0.4) is 0 Å². The number of nitro benzene ring substituents is 1. The summed E-state index contributed by atoms with van der Waals surface area (Å²) in [7, 11) is 0.703. The van der Waals surface area contributed by atoms with Gasteiger partial charge in [-0.2, -0.15) is 0 Å². The quantitative estimate of drug-likeness (QED) is 0.454. The van der Waals surface area contributed by atoms with Gasteiger partial charge in [-0.15, -0.1) is 0 Å². The molecule has 1 aromatic rings. The minimum Gasteiger partial charge on any atom is -0.493 e. The normalized spacial score (nSPS) is 16.6. The zero-order valence-corrected chi connectivity index (χ0v) is 13.3. The van der Waals surface area contributed by atoms with Crippen LogP contribution < -0.4 is 14.9 Å². The Labute approximate surface area is 129 Å². The van der Waals surface area contributed by atoms with Crippen molar-refractivity contribution >= 4 is 18.3 Å². The van der Waals surface area contributed by atoms with E-state index in [4.69, 9.17) is 18.8 Å². The molecule has 1 fully saturated rings. The minimum atomic E-state index is -0.787. The molecule has 1 saturated heterocycles. The SMILES string of the molecule is CCCOc1cc([N+](=O)[O-])c(B2OCC(C)(C)O2)cc1OC. The summed E-state index contributed by atoms with van der Waals surface area (Å²) in [6.45, 7) is 6.52. The molecule has 1 aliphatic heterocycles. The van der Waals surface area contributed by atoms with E-state index in [9.17, 15) is 10.1 Å². The summed E-state index contributed by atoms with van der Waals surface area (Å²) >= 11 is 0. The van der Waals surface area contributed by atoms with Gasteiger partial charge >= 0.3 is 7.12 Å². The van der Waals surface area contributed by atoms with Gasteiger partial charge in [0, 0.05) is 0 Å². The highest BCUT2D eigenvalue weighted by molar-refractivity contribution is 6.63. The summed E-state index contributed by atoms with van der Waals surface area (Å²) in [6.07, 6.45) is 0.793. The number of methoxy groups -OCH3 is 1. The first-order valence-electron chi connectivity index (χ1n) is 7.16. The summed E-state index contributed by atoms with van der Waals surface area (Å²) in [6, 6.07) is 2.91. The van der Waals surface area contributed by atoms with Crippen molar-refractivity contribution in [2.45, 2.75) is 32.8 Å². The molecule has 0 amide bonds. The van der Waals surface area contributed by atoms with Gasteiger partial charge in [-0.3, -0.25) is 10.1 Å². The molecule has 1 heterocycles. The third-order valence-electron chi connectivity index (χ3n) is 3.23. The molecule has 1 aliphatic rings. The molecule has 0 saturated carbocycles. The Bertz CT molecular complexity index is 563. The Morgan fingerprint density at radius 3 is 2.64 bits per heavy atom. The Balaban J connectivity index is 2.42. The minimum absolute atomic E-state index is 0.102. The van der Waals surface area contributed by atoms with Crippen molar-refractivity contribution in [3.05, 3.63) is 22.2 Å². The van der Waals surface area contributed by atoms with Gasteiger partial charge in [0.25, 0.3) is 5.69 Å². The predicted octanol–water partition coefficient (Wildman–Crippen LogP) is 1.91. The largest absolute Gasteiger partial charge is 0.501 e. The number of nitrogens with zero attached hydrogens (tertiary/aromatic N) is 1. The first-order chi connectivity index (χ1) is 10.4. The highest BCUT2D eigenvalue weighted by Gasteiger charge is 2.42. The van der Waals surface area contributed by atoms with Crippen LogP contribution in [0.4, 0.5) is 5.69 Å². The van der Waals surface area contributed by atoms with Gasteiger partial charge in [0.1, 0.15) is 0 Å². The fourth-order valence-electron chi connectivity index (χ4n) is 2.18. The summed E-state index contributed by atoms with van der Waals surface area (Å²) in [5.74, 6) is 0.767. The monoisotopic (exact) mass is 309 g/mol. The molecule has 1 aromatic carbocycles. The van der Waals surface area contributed by atoms with Crippen LogP contribution in [0.5, 0.6) is 11.5 Å². The molecule has 0 atom stereocenters. The lowest BCUT2D eigenvalue weighted by atomic mass is 9.77. The lowest BCUT2D eigenvalue weighted by Gasteiger charge is -2.16. The van der Waals surface area contributed by atoms with Crippen LogP contribution >= 0.6 is 0 Å². The van der Waals surface area contributed by atoms with E-state index in [1.54, 1.807) is 6.07 Å². The van der Waals surface area contributed by atoms with E-state index in [0.29, 0.717) is 30.2 Å². The molecule has 0 spiro atoms. The van der Waals surface area contributed by atoms with Gasteiger partial charge in [0.15, 0.2) is 11.5 Å². The number of nitro groups is 1. The molecule has 0 bridgehead atoms.